The van der Waals surface area contributed by atoms with E-state index in [2.05, 4.69) is 20.6 Å². The Morgan fingerprint density at radius 1 is 1.15 bits per heavy atom. The van der Waals surface area contributed by atoms with Crippen LogP contribution in [0.4, 0.5) is 11.6 Å². The van der Waals surface area contributed by atoms with E-state index < -0.39 is 10.0 Å². The average molecular weight is 377 g/mol. The zero-order chi connectivity index (χ0) is 18.4. The summed E-state index contributed by atoms with van der Waals surface area (Å²) in [6, 6.07) is 8.41. The van der Waals surface area contributed by atoms with Gasteiger partial charge in [0, 0.05) is 25.8 Å². The van der Waals surface area contributed by atoms with Crippen LogP contribution in [0.3, 0.4) is 0 Å². The Hall–Kier alpha value is -2.23. The molecule has 0 bridgehead atoms. The second kappa shape index (κ2) is 8.43. The molecule has 0 saturated carbocycles. The summed E-state index contributed by atoms with van der Waals surface area (Å²) in [5.74, 6) is 1.49. The largest absolute Gasteiger partial charge is 0.376 e. The Balaban J connectivity index is 1.47. The molecule has 140 valence electrons. The monoisotopic (exact) mass is 377 g/mol. The van der Waals surface area contributed by atoms with E-state index in [1.807, 2.05) is 6.07 Å². The van der Waals surface area contributed by atoms with Crippen molar-refractivity contribution in [3.63, 3.8) is 0 Å². The van der Waals surface area contributed by atoms with Crippen molar-refractivity contribution in [3.05, 3.63) is 42.2 Å². The van der Waals surface area contributed by atoms with Crippen LogP contribution in [0.2, 0.25) is 0 Å². The minimum absolute atomic E-state index is 0.118. The van der Waals surface area contributed by atoms with Crippen LogP contribution in [0.1, 0.15) is 18.4 Å². The van der Waals surface area contributed by atoms with Crippen LogP contribution >= 0.6 is 0 Å². The number of aromatic nitrogens is 2. The number of rotatable bonds is 8. The molecule has 1 saturated heterocycles. The second-order valence-corrected chi connectivity index (χ2v) is 7.73. The molecule has 1 atom stereocenters. The second-order valence-electron chi connectivity index (χ2n) is 6.17. The Morgan fingerprint density at radius 2 is 1.88 bits per heavy atom. The van der Waals surface area contributed by atoms with Gasteiger partial charge in [0.05, 0.1) is 11.0 Å². The lowest BCUT2D eigenvalue weighted by Crippen LogP contribution is -2.19. The summed E-state index contributed by atoms with van der Waals surface area (Å²) < 4.78 is 28.1. The molecule has 1 aromatic carbocycles. The van der Waals surface area contributed by atoms with Crippen molar-refractivity contribution in [1.29, 1.82) is 0 Å². The quantitative estimate of drug-likeness (QED) is 0.635. The molecular formula is C17H23N5O3S. The van der Waals surface area contributed by atoms with Crippen LogP contribution in [0.25, 0.3) is 0 Å². The van der Waals surface area contributed by atoms with Crippen LogP contribution in [0.15, 0.2) is 41.6 Å². The first-order valence-corrected chi connectivity index (χ1v) is 10.1. The van der Waals surface area contributed by atoms with E-state index in [1.54, 1.807) is 12.1 Å². The van der Waals surface area contributed by atoms with E-state index in [1.165, 1.54) is 18.5 Å². The highest BCUT2D eigenvalue weighted by Gasteiger charge is 2.15. The number of primary sulfonamides is 1. The predicted molar refractivity (Wildman–Crippen MR) is 99.5 cm³/mol. The molecule has 2 heterocycles. The Labute approximate surface area is 153 Å². The zero-order valence-corrected chi connectivity index (χ0v) is 15.2. The summed E-state index contributed by atoms with van der Waals surface area (Å²) in [7, 11) is -3.65. The predicted octanol–water partition coefficient (Wildman–Crippen LogP) is 1.37. The van der Waals surface area contributed by atoms with Gasteiger partial charge in [0.1, 0.15) is 18.0 Å². The van der Waals surface area contributed by atoms with E-state index in [0.29, 0.717) is 6.54 Å². The molecule has 1 aliphatic rings. The van der Waals surface area contributed by atoms with Crippen molar-refractivity contribution >= 4 is 21.7 Å². The molecule has 0 aliphatic carbocycles. The molecule has 0 spiro atoms. The maximum absolute atomic E-state index is 11.2. The standard InChI is InChI=1S/C17H23N5O3S/c18-26(23,24)15-5-3-13(4-6-15)7-8-19-16-10-17(22-12-21-16)20-11-14-2-1-9-25-14/h3-6,10,12,14H,1-2,7-9,11H2,(H2,18,23,24)(H2,19,20,21,22). The fourth-order valence-corrected chi connectivity index (χ4v) is 3.27. The number of ether oxygens (including phenoxy) is 1. The van der Waals surface area contributed by atoms with Gasteiger partial charge in [-0.15, -0.1) is 0 Å². The van der Waals surface area contributed by atoms with Gasteiger partial charge in [0.2, 0.25) is 10.0 Å². The van der Waals surface area contributed by atoms with E-state index in [9.17, 15) is 8.42 Å². The van der Waals surface area contributed by atoms with Gasteiger partial charge in [0.15, 0.2) is 0 Å². The molecule has 0 radical (unpaired) electrons. The number of sulfonamides is 1. The van der Waals surface area contributed by atoms with Crippen LogP contribution in [0, 0.1) is 0 Å². The number of anilines is 2. The molecule has 1 fully saturated rings. The highest BCUT2D eigenvalue weighted by molar-refractivity contribution is 7.89. The molecule has 26 heavy (non-hydrogen) atoms. The highest BCUT2D eigenvalue weighted by Crippen LogP contribution is 2.14. The molecule has 3 rings (SSSR count). The maximum atomic E-state index is 11.2. The van der Waals surface area contributed by atoms with Gasteiger partial charge in [0.25, 0.3) is 0 Å². The maximum Gasteiger partial charge on any atom is 0.238 e. The van der Waals surface area contributed by atoms with Crippen molar-refractivity contribution in [2.45, 2.75) is 30.3 Å². The molecule has 2 aromatic rings. The molecule has 8 nitrogen and oxygen atoms in total. The number of nitrogens with one attached hydrogen (secondary N) is 2. The number of hydrogen-bond donors (Lipinski definition) is 3. The molecule has 1 aromatic heterocycles. The lowest BCUT2D eigenvalue weighted by molar-refractivity contribution is 0.120. The Kier molecular flexibility index (Phi) is 6.02. The summed E-state index contributed by atoms with van der Waals surface area (Å²) in [4.78, 5) is 8.54. The van der Waals surface area contributed by atoms with Crippen LogP contribution in [-0.2, 0) is 21.2 Å². The molecule has 4 N–H and O–H groups in total. The Bertz CT molecular complexity index is 821. The van der Waals surface area contributed by atoms with Gasteiger partial charge in [-0.2, -0.15) is 0 Å². The van der Waals surface area contributed by atoms with E-state index in [0.717, 1.165) is 49.6 Å². The molecule has 9 heteroatoms. The number of hydrogen-bond acceptors (Lipinski definition) is 7. The summed E-state index contributed by atoms with van der Waals surface area (Å²) in [6.45, 7) is 2.24. The normalized spacial score (nSPS) is 17.2. The van der Waals surface area contributed by atoms with Gasteiger partial charge >= 0.3 is 0 Å². The topological polar surface area (TPSA) is 119 Å². The van der Waals surface area contributed by atoms with Gasteiger partial charge in [-0.05, 0) is 37.0 Å². The third-order valence-electron chi connectivity index (χ3n) is 4.17. The number of benzene rings is 1. The average Bonchev–Trinajstić information content (AvgIpc) is 3.14. The van der Waals surface area contributed by atoms with E-state index >= 15 is 0 Å². The molecular weight excluding hydrogens is 354 g/mol. The lowest BCUT2D eigenvalue weighted by atomic mass is 10.1. The van der Waals surface area contributed by atoms with Gasteiger partial charge in [-0.1, -0.05) is 12.1 Å². The van der Waals surface area contributed by atoms with Crippen molar-refractivity contribution in [2.24, 2.45) is 5.14 Å². The first-order chi connectivity index (χ1) is 12.5. The Morgan fingerprint density at radius 3 is 2.54 bits per heavy atom. The molecule has 1 unspecified atom stereocenters. The van der Waals surface area contributed by atoms with Crippen molar-refractivity contribution in [1.82, 2.24) is 9.97 Å². The lowest BCUT2D eigenvalue weighted by Gasteiger charge is -2.12. The van der Waals surface area contributed by atoms with E-state index in [4.69, 9.17) is 9.88 Å². The summed E-state index contributed by atoms with van der Waals surface area (Å²) in [6.07, 6.45) is 4.69. The summed E-state index contributed by atoms with van der Waals surface area (Å²) in [5, 5.41) is 11.6. The van der Waals surface area contributed by atoms with Crippen LogP contribution < -0.4 is 15.8 Å². The SMILES string of the molecule is NS(=O)(=O)c1ccc(CCNc2cc(NCC3CCCO3)ncn2)cc1. The highest BCUT2D eigenvalue weighted by atomic mass is 32.2. The summed E-state index contributed by atoms with van der Waals surface area (Å²) >= 11 is 0. The number of nitrogens with zero attached hydrogens (tertiary/aromatic N) is 2. The first-order valence-electron chi connectivity index (χ1n) is 8.54. The minimum atomic E-state index is -3.65. The van der Waals surface area contributed by atoms with Crippen molar-refractivity contribution in [3.8, 4) is 0 Å². The van der Waals surface area contributed by atoms with Gasteiger partial charge < -0.3 is 15.4 Å². The molecule has 0 amide bonds. The van der Waals surface area contributed by atoms with Crippen LogP contribution in [0.5, 0.6) is 0 Å². The van der Waals surface area contributed by atoms with Gasteiger partial charge in [-0.3, -0.25) is 0 Å². The van der Waals surface area contributed by atoms with Gasteiger partial charge in [-0.25, -0.2) is 23.5 Å². The third-order valence-corrected chi connectivity index (χ3v) is 5.10. The molecule has 1 aliphatic heterocycles. The first kappa shape index (κ1) is 18.6. The zero-order valence-electron chi connectivity index (χ0n) is 14.4. The van der Waals surface area contributed by atoms with Crippen molar-refractivity contribution in [2.75, 3.05) is 30.3 Å². The fraction of sp³-hybridized carbons (Fsp3) is 0.412. The van der Waals surface area contributed by atoms with E-state index in [-0.39, 0.29) is 11.0 Å². The smallest absolute Gasteiger partial charge is 0.238 e. The summed E-state index contributed by atoms with van der Waals surface area (Å²) in [5.41, 5.74) is 1.01. The van der Waals surface area contributed by atoms with Crippen LogP contribution in [-0.4, -0.2) is 44.2 Å². The minimum Gasteiger partial charge on any atom is -0.376 e. The fourth-order valence-electron chi connectivity index (χ4n) is 2.76. The third kappa shape index (κ3) is 5.38. The van der Waals surface area contributed by atoms with Crippen molar-refractivity contribution < 1.29 is 13.2 Å². The number of nitrogens with two attached hydrogens (primary N) is 1.